The van der Waals surface area contributed by atoms with E-state index < -0.39 is 0 Å². The normalized spacial score (nSPS) is 16.4. The summed E-state index contributed by atoms with van der Waals surface area (Å²) >= 11 is 0. The van der Waals surface area contributed by atoms with Gasteiger partial charge < -0.3 is 10.1 Å². The molecule has 2 heterocycles. The zero-order valence-corrected chi connectivity index (χ0v) is 15.4. The van der Waals surface area contributed by atoms with Crippen LogP contribution in [0.4, 0.5) is 0 Å². The lowest BCUT2D eigenvalue weighted by Crippen LogP contribution is -2.31. The number of rotatable bonds is 5. The van der Waals surface area contributed by atoms with E-state index in [9.17, 15) is 4.79 Å². The van der Waals surface area contributed by atoms with Crippen LogP contribution >= 0.6 is 0 Å². The van der Waals surface area contributed by atoms with Crippen molar-refractivity contribution in [3.63, 3.8) is 0 Å². The summed E-state index contributed by atoms with van der Waals surface area (Å²) in [5.74, 6) is -0.0718. The van der Waals surface area contributed by atoms with Crippen LogP contribution in [0, 0.1) is 0 Å². The zero-order valence-electron chi connectivity index (χ0n) is 15.4. The van der Waals surface area contributed by atoms with Gasteiger partial charge in [-0.15, -0.1) is 0 Å². The van der Waals surface area contributed by atoms with Crippen LogP contribution in [-0.4, -0.2) is 34.9 Å². The first-order valence-corrected chi connectivity index (χ1v) is 9.30. The fourth-order valence-corrected chi connectivity index (χ4v) is 3.45. The Balaban J connectivity index is 1.58. The van der Waals surface area contributed by atoms with Crippen LogP contribution in [0.1, 0.15) is 23.2 Å². The summed E-state index contributed by atoms with van der Waals surface area (Å²) in [6.45, 7) is 1.35. The molecule has 2 aromatic carbocycles. The molecule has 1 fully saturated rings. The number of carbonyl (C=O) groups is 1. The highest BCUT2D eigenvalue weighted by atomic mass is 16.5. The maximum Gasteiger partial charge on any atom is 0.251 e. The van der Waals surface area contributed by atoms with Crippen molar-refractivity contribution in [2.75, 3.05) is 13.2 Å². The molecular formula is C22H23N3O2. The molecule has 3 aromatic rings. The van der Waals surface area contributed by atoms with E-state index in [4.69, 9.17) is 4.74 Å². The summed E-state index contributed by atoms with van der Waals surface area (Å²) in [6, 6.07) is 17.8. The number of hydrogen-bond acceptors (Lipinski definition) is 3. The van der Waals surface area contributed by atoms with Crippen LogP contribution in [0.3, 0.4) is 0 Å². The molecule has 1 aromatic heterocycles. The maximum absolute atomic E-state index is 12.6. The minimum Gasteiger partial charge on any atom is -0.376 e. The van der Waals surface area contributed by atoms with Gasteiger partial charge in [0.05, 0.1) is 6.10 Å². The van der Waals surface area contributed by atoms with E-state index in [-0.39, 0.29) is 12.0 Å². The first-order valence-electron chi connectivity index (χ1n) is 9.30. The fourth-order valence-electron chi connectivity index (χ4n) is 3.45. The minimum absolute atomic E-state index is 0.0718. The molecule has 1 saturated heterocycles. The Morgan fingerprint density at radius 3 is 2.78 bits per heavy atom. The molecule has 1 aliphatic heterocycles. The van der Waals surface area contributed by atoms with E-state index >= 15 is 0 Å². The summed E-state index contributed by atoms with van der Waals surface area (Å²) in [4.78, 5) is 12.6. The first-order chi connectivity index (χ1) is 13.2. The molecule has 138 valence electrons. The van der Waals surface area contributed by atoms with Crippen molar-refractivity contribution < 1.29 is 9.53 Å². The van der Waals surface area contributed by atoms with E-state index in [1.54, 1.807) is 0 Å². The third-order valence-electron chi connectivity index (χ3n) is 4.83. The predicted octanol–water partition coefficient (Wildman–Crippen LogP) is 3.66. The van der Waals surface area contributed by atoms with Gasteiger partial charge in [-0.1, -0.05) is 42.5 Å². The summed E-state index contributed by atoms with van der Waals surface area (Å²) < 4.78 is 7.38. The third-order valence-corrected chi connectivity index (χ3v) is 4.83. The Hall–Kier alpha value is -2.92. The van der Waals surface area contributed by atoms with Crippen molar-refractivity contribution in [2.45, 2.75) is 18.9 Å². The quantitative estimate of drug-likeness (QED) is 0.754. The van der Waals surface area contributed by atoms with Gasteiger partial charge in [0.1, 0.15) is 5.69 Å². The molecule has 0 spiro atoms. The monoisotopic (exact) mass is 361 g/mol. The molecule has 1 aliphatic rings. The van der Waals surface area contributed by atoms with Crippen LogP contribution in [0.15, 0.2) is 60.8 Å². The second-order valence-electron chi connectivity index (χ2n) is 6.86. The van der Waals surface area contributed by atoms with Crippen LogP contribution in [0.25, 0.3) is 22.4 Å². The molecule has 1 atom stereocenters. The van der Waals surface area contributed by atoms with Gasteiger partial charge in [-0.05, 0) is 30.5 Å². The van der Waals surface area contributed by atoms with Crippen LogP contribution in [-0.2, 0) is 11.8 Å². The summed E-state index contributed by atoms with van der Waals surface area (Å²) in [5, 5.41) is 7.61. The Morgan fingerprint density at radius 2 is 2.00 bits per heavy atom. The highest BCUT2D eigenvalue weighted by Gasteiger charge is 2.17. The molecule has 0 bridgehead atoms. The minimum atomic E-state index is -0.0718. The number of nitrogens with one attached hydrogen (secondary N) is 1. The van der Waals surface area contributed by atoms with Gasteiger partial charge in [-0.3, -0.25) is 9.48 Å². The molecule has 27 heavy (non-hydrogen) atoms. The third kappa shape index (κ3) is 3.93. The molecular weight excluding hydrogens is 338 g/mol. The Morgan fingerprint density at radius 1 is 1.19 bits per heavy atom. The van der Waals surface area contributed by atoms with E-state index in [2.05, 4.69) is 10.4 Å². The van der Waals surface area contributed by atoms with Crippen LogP contribution < -0.4 is 5.32 Å². The molecule has 1 amide bonds. The van der Waals surface area contributed by atoms with Gasteiger partial charge in [-0.2, -0.15) is 5.10 Å². The average Bonchev–Trinajstić information content (AvgIpc) is 3.36. The van der Waals surface area contributed by atoms with Crippen molar-refractivity contribution in [1.29, 1.82) is 0 Å². The zero-order chi connectivity index (χ0) is 18.6. The van der Waals surface area contributed by atoms with E-state index in [0.29, 0.717) is 12.1 Å². The van der Waals surface area contributed by atoms with Crippen molar-refractivity contribution in [1.82, 2.24) is 15.1 Å². The highest BCUT2D eigenvalue weighted by Crippen LogP contribution is 2.31. The predicted molar refractivity (Wildman–Crippen MR) is 105 cm³/mol. The number of hydrogen-bond donors (Lipinski definition) is 1. The topological polar surface area (TPSA) is 56.2 Å². The van der Waals surface area contributed by atoms with Gasteiger partial charge in [-0.25, -0.2) is 0 Å². The standard InChI is InChI=1S/C22H23N3O2/c1-25-15-20(21(24-25)16-7-3-2-4-8-16)17-9-5-10-18(13-17)22(26)23-14-19-11-6-12-27-19/h2-5,7-10,13,15,19H,6,11-12,14H2,1H3,(H,23,26). The van der Waals surface area contributed by atoms with Gasteiger partial charge in [0.25, 0.3) is 5.91 Å². The average molecular weight is 361 g/mol. The molecule has 4 rings (SSSR count). The number of ether oxygens (including phenoxy) is 1. The molecule has 1 unspecified atom stereocenters. The summed E-state index contributed by atoms with van der Waals surface area (Å²) in [6.07, 6.45) is 4.21. The van der Waals surface area contributed by atoms with Gasteiger partial charge >= 0.3 is 0 Å². The van der Waals surface area contributed by atoms with Crippen LogP contribution in [0.2, 0.25) is 0 Å². The summed E-state index contributed by atoms with van der Waals surface area (Å²) in [7, 11) is 1.91. The van der Waals surface area contributed by atoms with Gasteiger partial charge in [0.2, 0.25) is 0 Å². The van der Waals surface area contributed by atoms with Gasteiger partial charge in [0.15, 0.2) is 0 Å². The number of carbonyl (C=O) groups excluding carboxylic acids is 1. The van der Waals surface area contributed by atoms with Crippen molar-refractivity contribution in [3.8, 4) is 22.4 Å². The van der Waals surface area contributed by atoms with E-state index in [1.807, 2.05) is 72.5 Å². The molecule has 1 N–H and O–H groups in total. The molecule has 0 saturated carbocycles. The number of aryl methyl sites for hydroxylation is 1. The SMILES string of the molecule is Cn1cc(-c2cccc(C(=O)NCC3CCCO3)c2)c(-c2ccccc2)n1. The number of aromatic nitrogens is 2. The highest BCUT2D eigenvalue weighted by molar-refractivity contribution is 5.96. The fraction of sp³-hybridized carbons (Fsp3) is 0.273. The second-order valence-corrected chi connectivity index (χ2v) is 6.86. The Bertz CT molecular complexity index is 928. The largest absolute Gasteiger partial charge is 0.376 e. The van der Waals surface area contributed by atoms with Crippen LogP contribution in [0.5, 0.6) is 0 Å². The molecule has 5 heteroatoms. The van der Waals surface area contributed by atoms with Crippen molar-refractivity contribution in [2.24, 2.45) is 7.05 Å². The number of amides is 1. The molecule has 5 nitrogen and oxygen atoms in total. The number of benzene rings is 2. The lowest BCUT2D eigenvalue weighted by molar-refractivity contribution is 0.0858. The van der Waals surface area contributed by atoms with Gasteiger partial charge in [0, 0.05) is 43.1 Å². The second kappa shape index (κ2) is 7.76. The van der Waals surface area contributed by atoms with Crippen molar-refractivity contribution >= 4 is 5.91 Å². The lowest BCUT2D eigenvalue weighted by atomic mass is 10.00. The summed E-state index contributed by atoms with van der Waals surface area (Å²) in [5.41, 5.74) is 4.61. The Labute approximate surface area is 159 Å². The van der Waals surface area contributed by atoms with E-state index in [1.165, 1.54) is 0 Å². The Kier molecular flexibility index (Phi) is 5.03. The smallest absolute Gasteiger partial charge is 0.251 e. The first kappa shape index (κ1) is 17.5. The van der Waals surface area contributed by atoms with Crippen molar-refractivity contribution in [3.05, 3.63) is 66.4 Å². The molecule has 0 aliphatic carbocycles. The number of nitrogens with zero attached hydrogens (tertiary/aromatic N) is 2. The lowest BCUT2D eigenvalue weighted by Gasteiger charge is -2.11. The van der Waals surface area contributed by atoms with E-state index in [0.717, 1.165) is 41.8 Å². The molecule has 0 radical (unpaired) electrons. The maximum atomic E-state index is 12.6.